The van der Waals surface area contributed by atoms with Gasteiger partial charge in [-0.1, -0.05) is 35.9 Å². The molecule has 1 saturated heterocycles. The van der Waals surface area contributed by atoms with Crippen molar-refractivity contribution in [3.8, 4) is 0 Å². The number of amides is 2. The highest BCUT2D eigenvalue weighted by atomic mass is 35.5. The Balaban J connectivity index is 1.39. The van der Waals surface area contributed by atoms with E-state index in [0.29, 0.717) is 29.5 Å². The van der Waals surface area contributed by atoms with Gasteiger partial charge in [0.15, 0.2) is 5.69 Å². The molecule has 2 aromatic carbocycles. The Morgan fingerprint density at radius 3 is 2.59 bits per heavy atom. The molecule has 1 aliphatic heterocycles. The van der Waals surface area contributed by atoms with Crippen LogP contribution >= 0.6 is 11.6 Å². The highest BCUT2D eigenvalue weighted by Crippen LogP contribution is 2.25. The first-order valence-corrected chi connectivity index (χ1v) is 9.51. The summed E-state index contributed by atoms with van der Waals surface area (Å²) in [7, 11) is 0. The number of hydrogen-bond donors (Lipinski definition) is 2. The number of hydrogen-bond acceptors (Lipinski definition) is 5. The van der Waals surface area contributed by atoms with Crippen LogP contribution in [0.5, 0.6) is 0 Å². The van der Waals surface area contributed by atoms with Crippen LogP contribution in [0.2, 0.25) is 5.02 Å². The molecule has 1 atom stereocenters. The van der Waals surface area contributed by atoms with E-state index in [1.165, 1.54) is 0 Å². The van der Waals surface area contributed by atoms with Crippen molar-refractivity contribution < 1.29 is 9.59 Å². The lowest BCUT2D eigenvalue weighted by Crippen LogP contribution is -2.33. The number of carbonyl (C=O) groups excluding carboxylic acids is 2. The molecule has 0 spiro atoms. The van der Waals surface area contributed by atoms with Crippen molar-refractivity contribution in [1.29, 1.82) is 0 Å². The highest BCUT2D eigenvalue weighted by Gasteiger charge is 2.32. The molecule has 2 heterocycles. The second kappa shape index (κ2) is 8.28. The van der Waals surface area contributed by atoms with Crippen molar-refractivity contribution in [2.75, 3.05) is 22.1 Å². The van der Waals surface area contributed by atoms with E-state index in [4.69, 9.17) is 11.6 Å². The zero-order valence-corrected chi connectivity index (χ0v) is 16.1. The number of nitrogens with one attached hydrogen (secondary N) is 2. The third kappa shape index (κ3) is 4.35. The van der Waals surface area contributed by atoms with E-state index in [1.807, 2.05) is 30.3 Å². The molecule has 1 fully saturated rings. The topological polar surface area (TPSA) is 87.2 Å². The van der Waals surface area contributed by atoms with E-state index in [0.717, 1.165) is 5.69 Å². The number of aromatic nitrogens is 2. The van der Waals surface area contributed by atoms with E-state index < -0.39 is 6.04 Å². The van der Waals surface area contributed by atoms with Crippen molar-refractivity contribution in [2.45, 2.75) is 12.5 Å². The Morgan fingerprint density at radius 1 is 1.03 bits per heavy atom. The molecule has 2 amide bonds. The van der Waals surface area contributed by atoms with Crippen LogP contribution in [-0.4, -0.2) is 34.6 Å². The van der Waals surface area contributed by atoms with Crippen LogP contribution in [0.15, 0.2) is 66.7 Å². The summed E-state index contributed by atoms with van der Waals surface area (Å²) in [6, 6.07) is 19.1. The van der Waals surface area contributed by atoms with Crippen LogP contribution in [0.25, 0.3) is 0 Å². The molecule has 0 bridgehead atoms. The maximum Gasteiger partial charge on any atom is 0.276 e. The lowest BCUT2D eigenvalue weighted by atomic mass is 10.2. The Morgan fingerprint density at radius 2 is 1.86 bits per heavy atom. The molecule has 1 aromatic heterocycles. The van der Waals surface area contributed by atoms with Crippen molar-refractivity contribution >= 4 is 40.6 Å². The minimum atomic E-state index is -0.410. The van der Waals surface area contributed by atoms with Gasteiger partial charge in [-0.15, -0.1) is 10.2 Å². The Hall–Kier alpha value is -3.45. The number of anilines is 3. The van der Waals surface area contributed by atoms with Crippen LogP contribution in [0.4, 0.5) is 17.2 Å². The van der Waals surface area contributed by atoms with Gasteiger partial charge in [0.1, 0.15) is 11.9 Å². The molecule has 29 heavy (non-hydrogen) atoms. The van der Waals surface area contributed by atoms with Gasteiger partial charge in [-0.25, -0.2) is 0 Å². The molecule has 3 aromatic rings. The molecule has 4 rings (SSSR count). The quantitative estimate of drug-likeness (QED) is 0.674. The third-order valence-corrected chi connectivity index (χ3v) is 4.81. The van der Waals surface area contributed by atoms with Crippen molar-refractivity contribution in [1.82, 2.24) is 10.2 Å². The standard InChI is InChI=1S/C21H18ClN5O2/c22-14-5-4-8-16(13-14)27-12-11-18(21(27)29)24-19-10-9-17(25-26-19)20(28)23-15-6-2-1-3-7-15/h1-10,13,18H,11-12H2,(H,23,28)(H,24,26). The molecule has 146 valence electrons. The van der Waals surface area contributed by atoms with Gasteiger partial charge < -0.3 is 15.5 Å². The summed E-state index contributed by atoms with van der Waals surface area (Å²) < 4.78 is 0. The lowest BCUT2D eigenvalue weighted by Gasteiger charge is -2.17. The van der Waals surface area contributed by atoms with Crippen LogP contribution in [0.1, 0.15) is 16.9 Å². The molecule has 7 nitrogen and oxygen atoms in total. The van der Waals surface area contributed by atoms with Crippen LogP contribution in [0, 0.1) is 0 Å². The van der Waals surface area contributed by atoms with Gasteiger partial charge in [0.2, 0.25) is 5.91 Å². The van der Waals surface area contributed by atoms with Crippen LogP contribution in [-0.2, 0) is 4.79 Å². The minimum Gasteiger partial charge on any atom is -0.357 e. The molecular formula is C21H18ClN5O2. The molecule has 1 aliphatic rings. The van der Waals surface area contributed by atoms with Gasteiger partial charge in [-0.3, -0.25) is 9.59 Å². The van der Waals surface area contributed by atoms with E-state index in [1.54, 1.807) is 41.3 Å². The van der Waals surface area contributed by atoms with E-state index in [9.17, 15) is 9.59 Å². The fraction of sp³-hybridized carbons (Fsp3) is 0.143. The number of rotatable bonds is 5. The molecule has 1 unspecified atom stereocenters. The largest absolute Gasteiger partial charge is 0.357 e. The maximum absolute atomic E-state index is 12.7. The number of halogens is 1. The molecular weight excluding hydrogens is 390 g/mol. The van der Waals surface area contributed by atoms with Gasteiger partial charge in [0.05, 0.1) is 0 Å². The van der Waals surface area contributed by atoms with Gasteiger partial charge >= 0.3 is 0 Å². The predicted molar refractivity (Wildman–Crippen MR) is 112 cm³/mol. The predicted octanol–water partition coefficient (Wildman–Crippen LogP) is 3.60. The SMILES string of the molecule is O=C(Nc1ccccc1)c1ccc(NC2CCN(c3cccc(Cl)c3)C2=O)nn1. The number of para-hydroxylation sites is 1. The summed E-state index contributed by atoms with van der Waals surface area (Å²) in [5.74, 6) is 0.0341. The lowest BCUT2D eigenvalue weighted by molar-refractivity contribution is -0.117. The van der Waals surface area contributed by atoms with E-state index >= 15 is 0 Å². The average Bonchev–Trinajstić information content (AvgIpc) is 3.09. The number of benzene rings is 2. The monoisotopic (exact) mass is 407 g/mol. The number of carbonyl (C=O) groups is 2. The molecule has 0 aliphatic carbocycles. The summed E-state index contributed by atoms with van der Waals surface area (Å²) >= 11 is 6.02. The Labute approximate surface area is 172 Å². The first-order valence-electron chi connectivity index (χ1n) is 9.14. The molecule has 8 heteroatoms. The van der Waals surface area contributed by atoms with E-state index in [-0.39, 0.29) is 17.5 Å². The zero-order valence-electron chi connectivity index (χ0n) is 15.4. The normalized spacial score (nSPS) is 16.0. The van der Waals surface area contributed by atoms with Crippen LogP contribution < -0.4 is 15.5 Å². The molecule has 0 saturated carbocycles. The summed E-state index contributed by atoms with van der Waals surface area (Å²) in [5.41, 5.74) is 1.64. The smallest absolute Gasteiger partial charge is 0.276 e. The second-order valence-electron chi connectivity index (χ2n) is 6.58. The zero-order chi connectivity index (χ0) is 20.2. The first-order chi connectivity index (χ1) is 14.1. The van der Waals surface area contributed by atoms with Crippen molar-refractivity contribution in [3.63, 3.8) is 0 Å². The summed E-state index contributed by atoms with van der Waals surface area (Å²) in [6.45, 7) is 0.585. The van der Waals surface area contributed by atoms with Gasteiger partial charge in [0, 0.05) is 22.9 Å². The van der Waals surface area contributed by atoms with E-state index in [2.05, 4.69) is 20.8 Å². The van der Waals surface area contributed by atoms with Crippen molar-refractivity contribution in [3.05, 3.63) is 77.4 Å². The van der Waals surface area contributed by atoms with Crippen LogP contribution in [0.3, 0.4) is 0 Å². The third-order valence-electron chi connectivity index (χ3n) is 4.58. The fourth-order valence-electron chi connectivity index (χ4n) is 3.14. The first kappa shape index (κ1) is 18.9. The Bertz CT molecular complexity index is 1030. The minimum absolute atomic E-state index is 0.0556. The van der Waals surface area contributed by atoms with Gasteiger partial charge in [-0.2, -0.15) is 0 Å². The van der Waals surface area contributed by atoms with Crippen molar-refractivity contribution in [2.24, 2.45) is 0 Å². The fourth-order valence-corrected chi connectivity index (χ4v) is 3.32. The average molecular weight is 408 g/mol. The second-order valence-corrected chi connectivity index (χ2v) is 7.02. The maximum atomic E-state index is 12.7. The van der Waals surface area contributed by atoms with Gasteiger partial charge in [-0.05, 0) is 48.9 Å². The summed E-state index contributed by atoms with van der Waals surface area (Å²) in [4.78, 5) is 26.6. The summed E-state index contributed by atoms with van der Waals surface area (Å²) in [6.07, 6.45) is 0.628. The van der Waals surface area contributed by atoms with Gasteiger partial charge in [0.25, 0.3) is 5.91 Å². The highest BCUT2D eigenvalue weighted by molar-refractivity contribution is 6.31. The Kier molecular flexibility index (Phi) is 5.39. The molecule has 0 radical (unpaired) electrons. The number of nitrogens with zero attached hydrogens (tertiary/aromatic N) is 3. The molecule has 2 N–H and O–H groups in total. The summed E-state index contributed by atoms with van der Waals surface area (Å²) in [5, 5.41) is 14.4.